The first-order chi connectivity index (χ1) is 11.3. The number of nitrogens with zero attached hydrogens (tertiary/aromatic N) is 1. The van der Waals surface area contributed by atoms with Crippen molar-refractivity contribution in [2.75, 3.05) is 32.9 Å². The summed E-state index contributed by atoms with van der Waals surface area (Å²) in [5.41, 5.74) is 1.24. The lowest BCUT2D eigenvalue weighted by molar-refractivity contribution is 0.0200. The van der Waals surface area contributed by atoms with Crippen LogP contribution in [0.5, 0.6) is 0 Å². The van der Waals surface area contributed by atoms with Gasteiger partial charge in [0.2, 0.25) is 0 Å². The summed E-state index contributed by atoms with van der Waals surface area (Å²) in [5, 5.41) is 6.70. The van der Waals surface area contributed by atoms with Crippen LogP contribution in [0.1, 0.15) is 38.3 Å². The molecule has 1 saturated heterocycles. The van der Waals surface area contributed by atoms with Crippen molar-refractivity contribution < 1.29 is 9.47 Å². The van der Waals surface area contributed by atoms with Gasteiger partial charge >= 0.3 is 0 Å². The SMILES string of the molecule is CCNC(=NCCOCC1CCCO1)NC(C)c1ccccc1. The van der Waals surface area contributed by atoms with Crippen LogP contribution in [0.2, 0.25) is 0 Å². The molecule has 0 radical (unpaired) electrons. The van der Waals surface area contributed by atoms with E-state index in [2.05, 4.69) is 53.7 Å². The van der Waals surface area contributed by atoms with Crippen LogP contribution in [-0.2, 0) is 9.47 Å². The molecule has 2 N–H and O–H groups in total. The molecule has 128 valence electrons. The number of aliphatic imine (C=N–C) groups is 1. The summed E-state index contributed by atoms with van der Waals surface area (Å²) in [6.07, 6.45) is 2.54. The second kappa shape index (κ2) is 10.2. The van der Waals surface area contributed by atoms with Gasteiger partial charge in [0.1, 0.15) is 0 Å². The Labute approximate surface area is 139 Å². The van der Waals surface area contributed by atoms with Crippen molar-refractivity contribution in [1.29, 1.82) is 0 Å². The third kappa shape index (κ3) is 6.59. The highest BCUT2D eigenvalue weighted by Crippen LogP contribution is 2.12. The lowest BCUT2D eigenvalue weighted by Gasteiger charge is -2.18. The maximum Gasteiger partial charge on any atom is 0.191 e. The van der Waals surface area contributed by atoms with Gasteiger partial charge in [-0.2, -0.15) is 0 Å². The van der Waals surface area contributed by atoms with Gasteiger partial charge in [0.05, 0.1) is 31.9 Å². The first-order valence-electron chi connectivity index (χ1n) is 8.58. The zero-order valence-corrected chi connectivity index (χ0v) is 14.3. The van der Waals surface area contributed by atoms with E-state index < -0.39 is 0 Å². The molecule has 1 fully saturated rings. The largest absolute Gasteiger partial charge is 0.377 e. The van der Waals surface area contributed by atoms with E-state index in [0.29, 0.717) is 19.8 Å². The molecule has 0 amide bonds. The van der Waals surface area contributed by atoms with Gasteiger partial charge in [-0.15, -0.1) is 0 Å². The highest BCUT2D eigenvalue weighted by molar-refractivity contribution is 5.80. The van der Waals surface area contributed by atoms with Crippen molar-refractivity contribution in [1.82, 2.24) is 10.6 Å². The summed E-state index contributed by atoms with van der Waals surface area (Å²) in [6, 6.07) is 10.6. The van der Waals surface area contributed by atoms with Crippen LogP contribution in [0.25, 0.3) is 0 Å². The second-order valence-electron chi connectivity index (χ2n) is 5.75. The third-order valence-corrected chi connectivity index (χ3v) is 3.83. The molecule has 0 spiro atoms. The van der Waals surface area contributed by atoms with E-state index in [0.717, 1.165) is 32.0 Å². The van der Waals surface area contributed by atoms with Crippen LogP contribution in [-0.4, -0.2) is 45.0 Å². The Hall–Kier alpha value is -1.59. The Kier molecular flexibility index (Phi) is 7.90. The molecule has 23 heavy (non-hydrogen) atoms. The molecule has 1 aliphatic heterocycles. The Morgan fingerprint density at radius 1 is 1.39 bits per heavy atom. The Bertz CT molecular complexity index is 459. The molecular weight excluding hydrogens is 290 g/mol. The number of ether oxygens (including phenoxy) is 2. The number of rotatable bonds is 8. The van der Waals surface area contributed by atoms with Gasteiger partial charge in [0.15, 0.2) is 5.96 Å². The molecule has 0 aromatic heterocycles. The van der Waals surface area contributed by atoms with Gasteiger partial charge in [-0.3, -0.25) is 4.99 Å². The van der Waals surface area contributed by atoms with E-state index in [4.69, 9.17) is 9.47 Å². The fourth-order valence-electron chi connectivity index (χ4n) is 2.56. The van der Waals surface area contributed by atoms with Gasteiger partial charge in [-0.05, 0) is 32.3 Å². The minimum Gasteiger partial charge on any atom is -0.377 e. The lowest BCUT2D eigenvalue weighted by atomic mass is 10.1. The van der Waals surface area contributed by atoms with Gasteiger partial charge in [-0.25, -0.2) is 0 Å². The zero-order chi connectivity index (χ0) is 16.3. The van der Waals surface area contributed by atoms with Crippen molar-refractivity contribution in [3.63, 3.8) is 0 Å². The first-order valence-corrected chi connectivity index (χ1v) is 8.58. The van der Waals surface area contributed by atoms with E-state index >= 15 is 0 Å². The van der Waals surface area contributed by atoms with E-state index in [1.54, 1.807) is 0 Å². The van der Waals surface area contributed by atoms with Crippen molar-refractivity contribution in [2.45, 2.75) is 38.8 Å². The third-order valence-electron chi connectivity index (χ3n) is 3.83. The van der Waals surface area contributed by atoms with Gasteiger partial charge in [0.25, 0.3) is 0 Å². The van der Waals surface area contributed by atoms with Crippen LogP contribution in [0.4, 0.5) is 0 Å². The predicted molar refractivity (Wildman–Crippen MR) is 93.8 cm³/mol. The van der Waals surface area contributed by atoms with Crippen molar-refractivity contribution >= 4 is 5.96 Å². The van der Waals surface area contributed by atoms with Crippen LogP contribution in [0.3, 0.4) is 0 Å². The summed E-state index contributed by atoms with van der Waals surface area (Å²) in [4.78, 5) is 4.57. The molecule has 1 aromatic rings. The first kappa shape index (κ1) is 17.8. The second-order valence-corrected chi connectivity index (χ2v) is 5.75. The highest BCUT2D eigenvalue weighted by atomic mass is 16.5. The molecule has 2 atom stereocenters. The molecule has 1 heterocycles. The molecule has 0 aliphatic carbocycles. The molecule has 5 nitrogen and oxygen atoms in total. The number of guanidine groups is 1. The Morgan fingerprint density at radius 3 is 2.91 bits per heavy atom. The summed E-state index contributed by atoms with van der Waals surface area (Å²) < 4.78 is 11.2. The smallest absolute Gasteiger partial charge is 0.191 e. The minimum absolute atomic E-state index is 0.210. The molecule has 2 rings (SSSR count). The Balaban J connectivity index is 1.73. The average Bonchev–Trinajstić information content (AvgIpc) is 3.09. The van der Waals surface area contributed by atoms with Crippen molar-refractivity contribution in [3.8, 4) is 0 Å². The molecule has 0 bridgehead atoms. The monoisotopic (exact) mass is 319 g/mol. The maximum absolute atomic E-state index is 5.65. The molecular formula is C18H29N3O2. The number of hydrogen-bond acceptors (Lipinski definition) is 3. The number of nitrogens with one attached hydrogen (secondary N) is 2. The normalized spacial score (nSPS) is 19.6. The summed E-state index contributed by atoms with van der Waals surface area (Å²) in [6.45, 7) is 7.86. The predicted octanol–water partition coefficient (Wildman–Crippen LogP) is 2.50. The van der Waals surface area contributed by atoms with Crippen LogP contribution < -0.4 is 10.6 Å². The zero-order valence-electron chi connectivity index (χ0n) is 14.3. The van der Waals surface area contributed by atoms with Crippen LogP contribution in [0, 0.1) is 0 Å². The van der Waals surface area contributed by atoms with Crippen LogP contribution >= 0.6 is 0 Å². The highest BCUT2D eigenvalue weighted by Gasteiger charge is 2.14. The number of benzene rings is 1. The lowest BCUT2D eigenvalue weighted by Crippen LogP contribution is -2.39. The van der Waals surface area contributed by atoms with E-state index in [-0.39, 0.29) is 12.1 Å². The summed E-state index contributed by atoms with van der Waals surface area (Å²) in [5.74, 6) is 0.824. The quantitative estimate of drug-likeness (QED) is 0.439. The maximum atomic E-state index is 5.65. The average molecular weight is 319 g/mol. The van der Waals surface area contributed by atoms with Crippen molar-refractivity contribution in [3.05, 3.63) is 35.9 Å². The summed E-state index contributed by atoms with van der Waals surface area (Å²) in [7, 11) is 0. The minimum atomic E-state index is 0.210. The summed E-state index contributed by atoms with van der Waals surface area (Å²) >= 11 is 0. The molecule has 5 heteroatoms. The van der Waals surface area contributed by atoms with Gasteiger partial charge in [0, 0.05) is 13.2 Å². The van der Waals surface area contributed by atoms with E-state index in [9.17, 15) is 0 Å². The van der Waals surface area contributed by atoms with Gasteiger partial charge in [-0.1, -0.05) is 30.3 Å². The van der Waals surface area contributed by atoms with E-state index in [1.165, 1.54) is 5.56 Å². The van der Waals surface area contributed by atoms with E-state index in [1.807, 2.05) is 6.07 Å². The van der Waals surface area contributed by atoms with Gasteiger partial charge < -0.3 is 20.1 Å². The molecule has 2 unspecified atom stereocenters. The fraction of sp³-hybridized carbons (Fsp3) is 0.611. The Morgan fingerprint density at radius 2 is 2.22 bits per heavy atom. The molecule has 1 aromatic carbocycles. The topological polar surface area (TPSA) is 54.9 Å². The fourth-order valence-corrected chi connectivity index (χ4v) is 2.56. The standard InChI is InChI=1S/C18H29N3O2/c1-3-19-18(21-15(2)16-8-5-4-6-9-16)20-11-13-22-14-17-10-7-12-23-17/h4-6,8-9,15,17H,3,7,10-14H2,1-2H3,(H2,19,20,21). The van der Waals surface area contributed by atoms with Crippen molar-refractivity contribution in [2.24, 2.45) is 4.99 Å². The van der Waals surface area contributed by atoms with Crippen LogP contribution in [0.15, 0.2) is 35.3 Å². The number of hydrogen-bond donors (Lipinski definition) is 2. The molecule has 0 saturated carbocycles. The molecule has 1 aliphatic rings.